The Balaban J connectivity index is 2.10. The van der Waals surface area contributed by atoms with Crippen LogP contribution < -0.4 is 0 Å². The molecule has 3 nitrogen and oxygen atoms in total. The van der Waals surface area contributed by atoms with Gasteiger partial charge in [-0.2, -0.15) is 0 Å². The number of carbonyl (C=O) groups is 1. The molecule has 0 aliphatic heterocycles. The third kappa shape index (κ3) is 4.29. The van der Waals surface area contributed by atoms with Crippen molar-refractivity contribution in [2.75, 3.05) is 6.61 Å². The Morgan fingerprint density at radius 2 is 1.81 bits per heavy atom. The SMILES string of the molecule is C=CC(=O)OCC(O)Cc1ccccc1-c1ccccc1. The van der Waals surface area contributed by atoms with E-state index in [1.807, 2.05) is 54.6 Å². The predicted octanol–water partition coefficient (Wildman–Crippen LogP) is 2.99. The Bertz CT molecular complexity index is 605. The molecule has 0 aromatic heterocycles. The molecule has 1 atom stereocenters. The number of hydrogen-bond acceptors (Lipinski definition) is 3. The van der Waals surface area contributed by atoms with Crippen molar-refractivity contribution in [1.82, 2.24) is 0 Å². The summed E-state index contributed by atoms with van der Waals surface area (Å²) in [5.74, 6) is -0.523. The maximum Gasteiger partial charge on any atom is 0.330 e. The summed E-state index contributed by atoms with van der Waals surface area (Å²) in [6, 6.07) is 17.9. The molecule has 0 aliphatic carbocycles. The molecule has 2 aromatic rings. The quantitative estimate of drug-likeness (QED) is 0.654. The van der Waals surface area contributed by atoms with Gasteiger partial charge in [-0.25, -0.2) is 4.79 Å². The lowest BCUT2D eigenvalue weighted by molar-refractivity contribution is -0.140. The highest BCUT2D eigenvalue weighted by Gasteiger charge is 2.11. The topological polar surface area (TPSA) is 46.5 Å². The fraction of sp³-hybridized carbons (Fsp3) is 0.167. The number of esters is 1. The third-order valence-corrected chi connectivity index (χ3v) is 3.14. The average Bonchev–Trinajstić information content (AvgIpc) is 2.54. The molecule has 21 heavy (non-hydrogen) atoms. The van der Waals surface area contributed by atoms with Crippen LogP contribution >= 0.6 is 0 Å². The maximum absolute atomic E-state index is 11.0. The van der Waals surface area contributed by atoms with Crippen LogP contribution in [-0.4, -0.2) is 23.8 Å². The summed E-state index contributed by atoms with van der Waals surface area (Å²) in [5.41, 5.74) is 3.20. The van der Waals surface area contributed by atoms with Gasteiger partial charge in [-0.05, 0) is 16.7 Å². The lowest BCUT2D eigenvalue weighted by atomic mass is 9.96. The van der Waals surface area contributed by atoms with Crippen LogP contribution in [0.25, 0.3) is 11.1 Å². The first-order valence-corrected chi connectivity index (χ1v) is 6.81. The summed E-state index contributed by atoms with van der Waals surface area (Å²) in [5, 5.41) is 10.0. The largest absolute Gasteiger partial charge is 0.460 e. The Kier molecular flexibility index (Phi) is 5.29. The first kappa shape index (κ1) is 15.0. The molecule has 1 N–H and O–H groups in total. The molecule has 1 unspecified atom stereocenters. The van der Waals surface area contributed by atoms with E-state index in [2.05, 4.69) is 6.58 Å². The minimum absolute atomic E-state index is 0.0338. The van der Waals surface area contributed by atoms with Gasteiger partial charge in [0, 0.05) is 12.5 Å². The molecular weight excluding hydrogens is 264 g/mol. The van der Waals surface area contributed by atoms with Crippen molar-refractivity contribution < 1.29 is 14.6 Å². The minimum Gasteiger partial charge on any atom is -0.460 e. The summed E-state index contributed by atoms with van der Waals surface area (Å²) in [7, 11) is 0. The van der Waals surface area contributed by atoms with Gasteiger partial charge in [-0.1, -0.05) is 61.2 Å². The van der Waals surface area contributed by atoms with Crippen molar-refractivity contribution in [3.8, 4) is 11.1 Å². The second-order valence-corrected chi connectivity index (χ2v) is 4.72. The predicted molar refractivity (Wildman–Crippen MR) is 82.7 cm³/mol. The highest BCUT2D eigenvalue weighted by atomic mass is 16.5. The fourth-order valence-corrected chi connectivity index (χ4v) is 2.15. The zero-order chi connectivity index (χ0) is 15.1. The first-order valence-electron chi connectivity index (χ1n) is 6.81. The first-order chi connectivity index (χ1) is 10.2. The lowest BCUT2D eigenvalue weighted by Gasteiger charge is -2.14. The third-order valence-electron chi connectivity index (χ3n) is 3.14. The van der Waals surface area contributed by atoms with Gasteiger partial charge < -0.3 is 9.84 Å². The van der Waals surface area contributed by atoms with Gasteiger partial charge >= 0.3 is 5.97 Å². The van der Waals surface area contributed by atoms with E-state index in [1.54, 1.807) is 0 Å². The number of ether oxygens (including phenoxy) is 1. The van der Waals surface area contributed by atoms with Crippen LogP contribution in [0.5, 0.6) is 0 Å². The van der Waals surface area contributed by atoms with E-state index in [9.17, 15) is 9.90 Å². The highest BCUT2D eigenvalue weighted by molar-refractivity contribution is 5.81. The molecule has 0 bridgehead atoms. The van der Waals surface area contributed by atoms with Crippen LogP contribution in [0.3, 0.4) is 0 Å². The van der Waals surface area contributed by atoms with E-state index >= 15 is 0 Å². The monoisotopic (exact) mass is 282 g/mol. The number of benzene rings is 2. The highest BCUT2D eigenvalue weighted by Crippen LogP contribution is 2.24. The molecule has 0 radical (unpaired) electrons. The molecule has 2 rings (SSSR count). The second-order valence-electron chi connectivity index (χ2n) is 4.72. The van der Waals surface area contributed by atoms with Crippen LogP contribution in [-0.2, 0) is 16.0 Å². The van der Waals surface area contributed by atoms with E-state index in [0.717, 1.165) is 22.8 Å². The van der Waals surface area contributed by atoms with Crippen LogP contribution in [0.2, 0.25) is 0 Å². The van der Waals surface area contributed by atoms with Crippen molar-refractivity contribution in [1.29, 1.82) is 0 Å². The fourth-order valence-electron chi connectivity index (χ4n) is 2.15. The Morgan fingerprint density at radius 3 is 2.52 bits per heavy atom. The van der Waals surface area contributed by atoms with Crippen LogP contribution in [0.15, 0.2) is 67.3 Å². The molecule has 0 saturated heterocycles. The van der Waals surface area contributed by atoms with Gasteiger partial charge in [-0.3, -0.25) is 0 Å². The normalized spacial score (nSPS) is 11.7. The van der Waals surface area contributed by atoms with Crippen molar-refractivity contribution in [3.05, 3.63) is 72.8 Å². The summed E-state index contributed by atoms with van der Waals surface area (Å²) in [6.45, 7) is 3.29. The number of aliphatic hydroxyl groups excluding tert-OH is 1. The van der Waals surface area contributed by atoms with E-state index < -0.39 is 12.1 Å². The molecule has 2 aromatic carbocycles. The standard InChI is InChI=1S/C18H18O3/c1-2-18(20)21-13-16(19)12-15-10-6-7-11-17(15)14-8-4-3-5-9-14/h2-11,16,19H,1,12-13H2. The van der Waals surface area contributed by atoms with Crippen molar-refractivity contribution in [3.63, 3.8) is 0 Å². The number of carbonyl (C=O) groups excluding carboxylic acids is 1. The lowest BCUT2D eigenvalue weighted by Crippen LogP contribution is -2.20. The molecule has 3 heteroatoms. The number of rotatable bonds is 6. The molecule has 108 valence electrons. The van der Waals surface area contributed by atoms with Gasteiger partial charge in [0.05, 0.1) is 6.10 Å². The van der Waals surface area contributed by atoms with Crippen LogP contribution in [0.1, 0.15) is 5.56 Å². The molecule has 0 heterocycles. The van der Waals surface area contributed by atoms with Gasteiger partial charge in [0.25, 0.3) is 0 Å². The van der Waals surface area contributed by atoms with E-state index in [-0.39, 0.29) is 6.61 Å². The minimum atomic E-state index is -0.737. The molecular formula is C18H18O3. The van der Waals surface area contributed by atoms with Crippen molar-refractivity contribution >= 4 is 5.97 Å². The number of hydrogen-bond donors (Lipinski definition) is 1. The second kappa shape index (κ2) is 7.41. The smallest absolute Gasteiger partial charge is 0.330 e. The Hall–Kier alpha value is -2.39. The van der Waals surface area contributed by atoms with Crippen molar-refractivity contribution in [2.24, 2.45) is 0 Å². The molecule has 0 amide bonds. The zero-order valence-electron chi connectivity index (χ0n) is 11.7. The number of aliphatic hydroxyl groups is 1. The van der Waals surface area contributed by atoms with Crippen molar-refractivity contribution in [2.45, 2.75) is 12.5 Å². The summed E-state index contributed by atoms with van der Waals surface area (Å²) in [4.78, 5) is 11.0. The molecule has 0 fully saturated rings. The maximum atomic E-state index is 11.0. The van der Waals surface area contributed by atoms with E-state index in [1.165, 1.54) is 0 Å². The Morgan fingerprint density at radius 1 is 1.14 bits per heavy atom. The van der Waals surface area contributed by atoms with Gasteiger partial charge in [0.15, 0.2) is 0 Å². The average molecular weight is 282 g/mol. The zero-order valence-corrected chi connectivity index (χ0v) is 11.7. The summed E-state index contributed by atoms with van der Waals surface area (Å²) >= 11 is 0. The van der Waals surface area contributed by atoms with E-state index in [4.69, 9.17) is 4.74 Å². The summed E-state index contributed by atoms with van der Waals surface area (Å²) < 4.78 is 4.86. The summed E-state index contributed by atoms with van der Waals surface area (Å²) in [6.07, 6.45) is 0.777. The molecule has 0 spiro atoms. The Labute approximate surface area is 124 Å². The molecule has 0 aliphatic rings. The van der Waals surface area contributed by atoms with Gasteiger partial charge in [0.2, 0.25) is 0 Å². The van der Waals surface area contributed by atoms with Gasteiger partial charge in [-0.15, -0.1) is 0 Å². The van der Waals surface area contributed by atoms with Crippen LogP contribution in [0, 0.1) is 0 Å². The van der Waals surface area contributed by atoms with Crippen LogP contribution in [0.4, 0.5) is 0 Å². The molecule has 0 saturated carbocycles. The van der Waals surface area contributed by atoms with Gasteiger partial charge in [0.1, 0.15) is 6.61 Å². The van der Waals surface area contributed by atoms with E-state index in [0.29, 0.717) is 6.42 Å².